The molecule has 1 aliphatic carbocycles. The molecule has 1 saturated carbocycles. The molecule has 0 saturated heterocycles. The summed E-state index contributed by atoms with van der Waals surface area (Å²) in [5.41, 5.74) is 1.19. The Kier molecular flexibility index (Phi) is 5.11. The number of rotatable bonds is 4. The lowest BCUT2D eigenvalue weighted by molar-refractivity contribution is -0.128. The molecule has 1 spiro atoms. The zero-order valence-corrected chi connectivity index (χ0v) is 17.9. The highest BCUT2D eigenvalue weighted by Gasteiger charge is 2.48. The molecule has 0 atom stereocenters. The van der Waals surface area contributed by atoms with Crippen LogP contribution in [0, 0.1) is 0 Å². The van der Waals surface area contributed by atoms with E-state index in [0.717, 1.165) is 48.4 Å². The molecule has 1 aliphatic heterocycles. The van der Waals surface area contributed by atoms with Crippen molar-refractivity contribution in [2.45, 2.75) is 37.8 Å². The van der Waals surface area contributed by atoms with Crippen LogP contribution in [0.15, 0.2) is 71.7 Å². The SMILES string of the molecule is O=C(CN1C(=O)C(c2ccc(Cl)cc2)=NC12CCCCC2)c1ccc2ccccc2c1. The van der Waals surface area contributed by atoms with Gasteiger partial charge in [-0.05, 0) is 54.7 Å². The van der Waals surface area contributed by atoms with Gasteiger partial charge in [-0.2, -0.15) is 0 Å². The molecule has 0 unspecified atom stereocenters. The molecule has 2 aliphatic rings. The molecule has 1 heterocycles. The van der Waals surface area contributed by atoms with E-state index in [1.807, 2.05) is 54.6 Å². The molecule has 3 aromatic rings. The molecule has 5 rings (SSSR count). The summed E-state index contributed by atoms with van der Waals surface area (Å²) in [6, 6.07) is 20.9. The van der Waals surface area contributed by atoms with Crippen molar-refractivity contribution in [2.24, 2.45) is 4.99 Å². The first-order valence-electron chi connectivity index (χ1n) is 10.8. The number of carbonyl (C=O) groups excluding carboxylic acids is 2. The van der Waals surface area contributed by atoms with Gasteiger partial charge in [-0.1, -0.05) is 66.6 Å². The summed E-state index contributed by atoms with van der Waals surface area (Å²) in [4.78, 5) is 33.3. The predicted octanol–water partition coefficient (Wildman–Crippen LogP) is 5.67. The van der Waals surface area contributed by atoms with E-state index in [4.69, 9.17) is 16.6 Å². The van der Waals surface area contributed by atoms with Crippen molar-refractivity contribution in [1.82, 2.24) is 4.90 Å². The van der Waals surface area contributed by atoms with Crippen molar-refractivity contribution in [3.05, 3.63) is 82.9 Å². The number of fused-ring (bicyclic) bond motifs is 1. The minimum atomic E-state index is -0.614. The first-order valence-corrected chi connectivity index (χ1v) is 11.1. The van der Waals surface area contributed by atoms with E-state index in [-0.39, 0.29) is 18.2 Å². The van der Waals surface area contributed by atoms with Gasteiger partial charge in [0, 0.05) is 16.1 Å². The minimum Gasteiger partial charge on any atom is -0.305 e. The zero-order chi connectivity index (χ0) is 21.4. The topological polar surface area (TPSA) is 49.7 Å². The van der Waals surface area contributed by atoms with Crippen molar-refractivity contribution >= 4 is 39.8 Å². The molecule has 3 aromatic carbocycles. The highest BCUT2D eigenvalue weighted by Crippen LogP contribution is 2.39. The molecule has 156 valence electrons. The summed E-state index contributed by atoms with van der Waals surface area (Å²) in [7, 11) is 0. The first kappa shape index (κ1) is 20.0. The summed E-state index contributed by atoms with van der Waals surface area (Å²) in [6.45, 7) is 0.0394. The number of aliphatic imine (C=N–C) groups is 1. The maximum Gasteiger partial charge on any atom is 0.275 e. The Morgan fingerprint density at radius 2 is 1.65 bits per heavy atom. The van der Waals surface area contributed by atoms with E-state index in [1.54, 1.807) is 17.0 Å². The molecule has 5 heteroatoms. The normalized spacial score (nSPS) is 17.9. The standard InChI is InChI=1S/C26H23ClN2O2/c27-22-12-10-19(11-13-22)24-25(31)29(26(28-24)14-4-1-5-15-26)17-23(30)21-9-8-18-6-2-3-7-20(18)16-21/h2-3,6-13,16H,1,4-5,14-15,17H2. The average molecular weight is 431 g/mol. The van der Waals surface area contributed by atoms with Crippen LogP contribution in [0.5, 0.6) is 0 Å². The second kappa shape index (κ2) is 7.93. The van der Waals surface area contributed by atoms with Gasteiger partial charge in [0.15, 0.2) is 5.78 Å². The van der Waals surface area contributed by atoms with Crippen LogP contribution in [0.1, 0.15) is 48.0 Å². The Morgan fingerprint density at radius 3 is 2.39 bits per heavy atom. The quantitative estimate of drug-likeness (QED) is 0.501. The largest absolute Gasteiger partial charge is 0.305 e. The van der Waals surface area contributed by atoms with Crippen molar-refractivity contribution in [3.8, 4) is 0 Å². The first-order chi connectivity index (χ1) is 15.1. The van der Waals surface area contributed by atoms with Crippen molar-refractivity contribution < 1.29 is 9.59 Å². The Labute approximate surface area is 186 Å². The summed E-state index contributed by atoms with van der Waals surface area (Å²) in [5.74, 6) is -0.227. The lowest BCUT2D eigenvalue weighted by Crippen LogP contribution is -2.50. The van der Waals surface area contributed by atoms with Gasteiger partial charge < -0.3 is 4.90 Å². The van der Waals surface area contributed by atoms with Gasteiger partial charge in [0.05, 0.1) is 6.54 Å². The summed E-state index contributed by atoms with van der Waals surface area (Å²) in [5, 5.41) is 2.73. The molecule has 0 N–H and O–H groups in total. The monoisotopic (exact) mass is 430 g/mol. The molecule has 4 nitrogen and oxygen atoms in total. The highest BCUT2D eigenvalue weighted by molar-refractivity contribution is 6.47. The van der Waals surface area contributed by atoms with Crippen LogP contribution in [-0.2, 0) is 4.79 Å². The van der Waals surface area contributed by atoms with Gasteiger partial charge >= 0.3 is 0 Å². The number of ketones is 1. The summed E-state index contributed by atoms with van der Waals surface area (Å²) in [6.07, 6.45) is 4.73. The second-order valence-electron chi connectivity index (χ2n) is 8.39. The van der Waals surface area contributed by atoms with E-state index >= 15 is 0 Å². The fraction of sp³-hybridized carbons (Fsp3) is 0.269. The third kappa shape index (κ3) is 3.66. The number of Topliss-reactive ketones (excluding diaryl/α,β-unsaturated/α-hetero) is 1. The molecular formula is C26H23ClN2O2. The van der Waals surface area contributed by atoms with E-state index in [0.29, 0.717) is 16.3 Å². The van der Waals surface area contributed by atoms with Crippen LogP contribution in [0.25, 0.3) is 10.8 Å². The van der Waals surface area contributed by atoms with Gasteiger partial charge in [-0.25, -0.2) is 0 Å². The minimum absolute atomic E-state index is 0.0394. The van der Waals surface area contributed by atoms with Crippen LogP contribution in [-0.4, -0.2) is 34.5 Å². The van der Waals surface area contributed by atoms with Crippen LogP contribution < -0.4 is 0 Å². The van der Waals surface area contributed by atoms with Crippen LogP contribution >= 0.6 is 11.6 Å². The van der Waals surface area contributed by atoms with E-state index in [1.165, 1.54) is 0 Å². The maximum absolute atomic E-state index is 13.5. The smallest absolute Gasteiger partial charge is 0.275 e. The number of carbonyl (C=O) groups is 2. The Hall–Kier alpha value is -2.98. The summed E-state index contributed by atoms with van der Waals surface area (Å²) >= 11 is 6.02. The van der Waals surface area contributed by atoms with E-state index < -0.39 is 5.66 Å². The highest BCUT2D eigenvalue weighted by atomic mass is 35.5. The van der Waals surface area contributed by atoms with Gasteiger partial charge in [-0.15, -0.1) is 0 Å². The molecule has 0 aromatic heterocycles. The van der Waals surface area contributed by atoms with Crippen molar-refractivity contribution in [2.75, 3.05) is 6.54 Å². The predicted molar refractivity (Wildman–Crippen MR) is 124 cm³/mol. The zero-order valence-electron chi connectivity index (χ0n) is 17.2. The second-order valence-corrected chi connectivity index (χ2v) is 8.82. The molecule has 31 heavy (non-hydrogen) atoms. The molecule has 0 bridgehead atoms. The van der Waals surface area contributed by atoms with Gasteiger partial charge in [0.2, 0.25) is 0 Å². The number of nitrogens with zero attached hydrogens (tertiary/aromatic N) is 2. The van der Waals surface area contributed by atoms with Crippen LogP contribution in [0.4, 0.5) is 0 Å². The number of hydrogen-bond acceptors (Lipinski definition) is 3. The van der Waals surface area contributed by atoms with E-state index in [2.05, 4.69) is 0 Å². The number of halogens is 1. The molecule has 0 radical (unpaired) electrons. The summed E-state index contributed by atoms with van der Waals surface area (Å²) < 4.78 is 0. The fourth-order valence-electron chi connectivity index (χ4n) is 4.75. The van der Waals surface area contributed by atoms with Gasteiger partial charge in [-0.3, -0.25) is 14.6 Å². The molecule has 1 amide bonds. The lowest BCUT2D eigenvalue weighted by Gasteiger charge is -2.38. The third-order valence-electron chi connectivity index (χ3n) is 6.42. The molecular weight excluding hydrogens is 408 g/mol. The number of amides is 1. The average Bonchev–Trinajstić information content (AvgIpc) is 3.05. The van der Waals surface area contributed by atoms with Crippen molar-refractivity contribution in [3.63, 3.8) is 0 Å². The van der Waals surface area contributed by atoms with Gasteiger partial charge in [0.25, 0.3) is 5.91 Å². The Balaban J connectivity index is 1.47. The lowest BCUT2D eigenvalue weighted by atomic mass is 9.88. The fourth-order valence-corrected chi connectivity index (χ4v) is 4.87. The number of benzene rings is 3. The van der Waals surface area contributed by atoms with Crippen molar-refractivity contribution in [1.29, 1.82) is 0 Å². The third-order valence-corrected chi connectivity index (χ3v) is 6.67. The number of hydrogen-bond donors (Lipinski definition) is 0. The Morgan fingerprint density at radius 1 is 0.935 bits per heavy atom. The van der Waals surface area contributed by atoms with Crippen LogP contribution in [0.3, 0.4) is 0 Å². The molecule has 1 fully saturated rings. The Bertz CT molecular complexity index is 1190. The maximum atomic E-state index is 13.5. The van der Waals surface area contributed by atoms with E-state index in [9.17, 15) is 9.59 Å². The van der Waals surface area contributed by atoms with Crippen LogP contribution in [0.2, 0.25) is 5.02 Å². The van der Waals surface area contributed by atoms with Gasteiger partial charge in [0.1, 0.15) is 11.4 Å².